The van der Waals surface area contributed by atoms with Crippen LogP contribution in [0.2, 0.25) is 0 Å². The fraction of sp³-hybridized carbons (Fsp3) is 0.190. The number of hydrogen-bond donors (Lipinski definition) is 1. The molecule has 0 aliphatic carbocycles. The third kappa shape index (κ3) is 3.17. The van der Waals surface area contributed by atoms with E-state index in [1.807, 2.05) is 6.07 Å². The minimum absolute atomic E-state index is 0.0311. The van der Waals surface area contributed by atoms with Crippen LogP contribution in [0.5, 0.6) is 0 Å². The number of nitrogens with zero attached hydrogens (tertiary/aromatic N) is 2. The largest absolute Gasteiger partial charge is 0.365 e. The van der Waals surface area contributed by atoms with E-state index in [0.29, 0.717) is 0 Å². The van der Waals surface area contributed by atoms with Crippen molar-refractivity contribution in [2.24, 2.45) is 0 Å². The van der Waals surface area contributed by atoms with E-state index in [4.69, 9.17) is 4.98 Å². The summed E-state index contributed by atoms with van der Waals surface area (Å²) in [6, 6.07) is 19.1. The molecule has 0 aliphatic rings. The van der Waals surface area contributed by atoms with E-state index in [1.54, 1.807) is 11.3 Å². The van der Waals surface area contributed by atoms with Crippen molar-refractivity contribution in [2.45, 2.75) is 26.3 Å². The summed E-state index contributed by atoms with van der Waals surface area (Å²) in [6.45, 7) is 6.50. The zero-order valence-electron chi connectivity index (χ0n) is 14.7. The number of hydrogen-bond acceptors (Lipinski definition) is 3. The number of imidazole rings is 1. The highest BCUT2D eigenvalue weighted by molar-refractivity contribution is 7.15. The Morgan fingerprint density at radius 1 is 0.880 bits per heavy atom. The Labute approximate surface area is 152 Å². The van der Waals surface area contributed by atoms with Crippen molar-refractivity contribution in [1.29, 1.82) is 0 Å². The molecule has 0 saturated heterocycles. The molecule has 0 amide bonds. The van der Waals surface area contributed by atoms with Gasteiger partial charge in [0, 0.05) is 22.7 Å². The van der Waals surface area contributed by atoms with Gasteiger partial charge in [-0.25, -0.2) is 4.98 Å². The molecular formula is C21H21N3S. The molecule has 25 heavy (non-hydrogen) atoms. The highest BCUT2D eigenvalue weighted by Gasteiger charge is 2.19. The number of rotatable bonds is 3. The first-order valence-corrected chi connectivity index (χ1v) is 9.29. The van der Waals surface area contributed by atoms with Crippen molar-refractivity contribution in [2.75, 3.05) is 5.32 Å². The average Bonchev–Trinajstić information content (AvgIpc) is 3.18. The molecule has 4 rings (SSSR count). The van der Waals surface area contributed by atoms with E-state index >= 15 is 0 Å². The van der Waals surface area contributed by atoms with Crippen LogP contribution in [0.3, 0.4) is 0 Å². The van der Waals surface area contributed by atoms with Crippen LogP contribution in [0.4, 0.5) is 5.82 Å². The first-order valence-electron chi connectivity index (χ1n) is 8.41. The van der Waals surface area contributed by atoms with Crippen LogP contribution in [0.25, 0.3) is 27.3 Å². The fourth-order valence-electron chi connectivity index (χ4n) is 2.91. The Hall–Kier alpha value is -2.59. The van der Waals surface area contributed by atoms with Gasteiger partial charge in [0.25, 0.3) is 0 Å². The highest BCUT2D eigenvalue weighted by Crippen LogP contribution is 2.33. The summed E-state index contributed by atoms with van der Waals surface area (Å²) in [4.78, 5) is 5.86. The number of aromatic nitrogens is 2. The molecule has 0 fully saturated rings. The number of nitrogens with one attached hydrogen (secondary N) is 1. The lowest BCUT2D eigenvalue weighted by Gasteiger charge is -2.22. The normalized spacial score (nSPS) is 11.8. The SMILES string of the molecule is CC(C)(C)Nc1c(-c2ccc(-c3ccccc3)cc2)nc2sccn12. The molecule has 0 atom stereocenters. The van der Waals surface area contributed by atoms with Gasteiger partial charge in [0.1, 0.15) is 11.5 Å². The molecule has 0 radical (unpaired) electrons. The summed E-state index contributed by atoms with van der Waals surface area (Å²) in [5.74, 6) is 1.05. The molecule has 0 unspecified atom stereocenters. The molecule has 4 heteroatoms. The zero-order valence-corrected chi connectivity index (χ0v) is 15.5. The van der Waals surface area contributed by atoms with Crippen LogP contribution >= 0.6 is 11.3 Å². The Kier molecular flexibility index (Phi) is 3.85. The van der Waals surface area contributed by atoms with Gasteiger partial charge in [-0.3, -0.25) is 4.40 Å². The number of thiazole rings is 1. The van der Waals surface area contributed by atoms with Crippen LogP contribution in [-0.4, -0.2) is 14.9 Å². The molecule has 126 valence electrons. The summed E-state index contributed by atoms with van der Waals surface area (Å²) in [7, 11) is 0. The van der Waals surface area contributed by atoms with Crippen molar-refractivity contribution in [1.82, 2.24) is 9.38 Å². The van der Waals surface area contributed by atoms with E-state index in [0.717, 1.165) is 22.0 Å². The predicted molar refractivity (Wildman–Crippen MR) is 107 cm³/mol. The number of fused-ring (bicyclic) bond motifs is 1. The van der Waals surface area contributed by atoms with E-state index in [1.165, 1.54) is 11.1 Å². The Morgan fingerprint density at radius 2 is 1.52 bits per heavy atom. The number of anilines is 1. The molecular weight excluding hydrogens is 326 g/mol. The molecule has 3 nitrogen and oxygen atoms in total. The van der Waals surface area contributed by atoms with E-state index in [-0.39, 0.29) is 5.54 Å². The molecule has 2 aromatic heterocycles. The van der Waals surface area contributed by atoms with Gasteiger partial charge >= 0.3 is 0 Å². The van der Waals surface area contributed by atoms with Crippen molar-refractivity contribution in [3.8, 4) is 22.4 Å². The Morgan fingerprint density at radius 3 is 2.20 bits per heavy atom. The Bertz CT molecular complexity index is 989. The second-order valence-electron chi connectivity index (χ2n) is 7.18. The van der Waals surface area contributed by atoms with Gasteiger partial charge in [0.05, 0.1) is 0 Å². The van der Waals surface area contributed by atoms with Gasteiger partial charge < -0.3 is 5.32 Å². The Balaban J connectivity index is 1.77. The first-order chi connectivity index (χ1) is 12.0. The summed E-state index contributed by atoms with van der Waals surface area (Å²) in [6.07, 6.45) is 2.07. The fourth-order valence-corrected chi connectivity index (χ4v) is 3.63. The lowest BCUT2D eigenvalue weighted by molar-refractivity contribution is 0.630. The van der Waals surface area contributed by atoms with Crippen LogP contribution in [0.1, 0.15) is 20.8 Å². The smallest absolute Gasteiger partial charge is 0.195 e. The minimum Gasteiger partial charge on any atom is -0.365 e. The quantitative estimate of drug-likeness (QED) is 0.497. The van der Waals surface area contributed by atoms with E-state index in [2.05, 4.69) is 90.6 Å². The van der Waals surface area contributed by atoms with Crippen LogP contribution in [0.15, 0.2) is 66.2 Å². The average molecular weight is 347 g/mol. The summed E-state index contributed by atoms with van der Waals surface area (Å²) in [5.41, 5.74) is 4.55. The third-order valence-corrected chi connectivity index (χ3v) is 4.78. The highest BCUT2D eigenvalue weighted by atomic mass is 32.1. The molecule has 1 N–H and O–H groups in total. The van der Waals surface area contributed by atoms with Gasteiger partial charge in [0.15, 0.2) is 4.96 Å². The van der Waals surface area contributed by atoms with Crippen LogP contribution in [0, 0.1) is 0 Å². The lowest BCUT2D eigenvalue weighted by atomic mass is 10.0. The molecule has 2 heterocycles. The van der Waals surface area contributed by atoms with Crippen LogP contribution in [-0.2, 0) is 0 Å². The van der Waals surface area contributed by atoms with E-state index in [9.17, 15) is 0 Å². The third-order valence-electron chi connectivity index (χ3n) is 4.02. The lowest BCUT2D eigenvalue weighted by Crippen LogP contribution is -2.27. The monoisotopic (exact) mass is 347 g/mol. The summed E-state index contributed by atoms with van der Waals surface area (Å²) >= 11 is 1.65. The molecule has 0 aliphatic heterocycles. The topological polar surface area (TPSA) is 29.3 Å². The standard InChI is InChI=1S/C21H21N3S/c1-21(2,3)23-19-18(22-20-24(19)13-14-25-20)17-11-9-16(10-12-17)15-7-5-4-6-8-15/h4-14,23H,1-3H3. The van der Waals surface area contributed by atoms with Gasteiger partial charge in [-0.05, 0) is 31.9 Å². The molecule has 0 spiro atoms. The van der Waals surface area contributed by atoms with Crippen molar-refractivity contribution < 1.29 is 0 Å². The predicted octanol–water partition coefficient (Wildman–Crippen LogP) is 5.94. The second-order valence-corrected chi connectivity index (χ2v) is 8.06. The molecule has 0 bridgehead atoms. The van der Waals surface area contributed by atoms with Crippen molar-refractivity contribution in [3.05, 3.63) is 66.2 Å². The molecule has 4 aromatic rings. The van der Waals surface area contributed by atoms with Gasteiger partial charge in [-0.15, -0.1) is 11.3 Å². The minimum atomic E-state index is -0.0311. The maximum Gasteiger partial charge on any atom is 0.195 e. The zero-order chi connectivity index (χ0) is 17.4. The maximum atomic E-state index is 4.85. The van der Waals surface area contributed by atoms with Gasteiger partial charge in [-0.1, -0.05) is 54.6 Å². The molecule has 2 aromatic carbocycles. The van der Waals surface area contributed by atoms with E-state index < -0.39 is 0 Å². The summed E-state index contributed by atoms with van der Waals surface area (Å²) in [5, 5.41) is 5.68. The maximum absolute atomic E-state index is 4.85. The number of benzene rings is 2. The second kappa shape index (κ2) is 6.05. The van der Waals surface area contributed by atoms with Crippen LogP contribution < -0.4 is 5.32 Å². The van der Waals surface area contributed by atoms with Gasteiger partial charge in [0.2, 0.25) is 0 Å². The van der Waals surface area contributed by atoms with Gasteiger partial charge in [-0.2, -0.15) is 0 Å². The first kappa shape index (κ1) is 15.9. The molecule has 0 saturated carbocycles. The van der Waals surface area contributed by atoms with Crippen molar-refractivity contribution >= 4 is 22.1 Å². The van der Waals surface area contributed by atoms with Crippen molar-refractivity contribution in [3.63, 3.8) is 0 Å². The summed E-state index contributed by atoms with van der Waals surface area (Å²) < 4.78 is 2.14.